The average molecular weight is 773 g/mol. The molecule has 4 aromatic rings. The van der Waals surface area contributed by atoms with Crippen molar-refractivity contribution in [1.29, 1.82) is 0 Å². The Morgan fingerprint density at radius 2 is 1.74 bits per heavy atom. The predicted molar refractivity (Wildman–Crippen MR) is 210 cm³/mol. The highest BCUT2D eigenvalue weighted by molar-refractivity contribution is 6.13. The number of rotatable bonds is 14. The molecular formula is C37H47Cl2N7O7. The smallest absolute Gasteiger partial charge is 0.413 e. The molecule has 1 aromatic heterocycles. The highest BCUT2D eigenvalue weighted by atomic mass is 35.5. The van der Waals surface area contributed by atoms with E-state index in [-0.39, 0.29) is 53.7 Å². The van der Waals surface area contributed by atoms with Crippen LogP contribution < -0.4 is 25.0 Å². The van der Waals surface area contributed by atoms with Gasteiger partial charge in [0.25, 0.3) is 5.91 Å². The van der Waals surface area contributed by atoms with Crippen LogP contribution >= 0.6 is 24.8 Å². The SMILES string of the molecule is COC(=O)Nc1nc2c(-c3ccc(C(=O)N(C)c4ccc(C)cc4OCCCCCC(=O)N4CCN(C)CC4)c(NC=O)c3OC)cccc2[nH]1.Cl.Cl. The summed E-state index contributed by atoms with van der Waals surface area (Å²) in [6.45, 7) is 5.76. The number of anilines is 3. The molecule has 3 aromatic carbocycles. The fraction of sp³-hybridized carbons (Fsp3) is 0.378. The van der Waals surface area contributed by atoms with Crippen molar-refractivity contribution in [3.63, 3.8) is 0 Å². The number of piperazine rings is 1. The first-order chi connectivity index (χ1) is 24.6. The third kappa shape index (κ3) is 10.1. The summed E-state index contributed by atoms with van der Waals surface area (Å²) in [6.07, 6.45) is 2.74. The van der Waals surface area contributed by atoms with Gasteiger partial charge in [0.2, 0.25) is 18.3 Å². The minimum absolute atomic E-state index is 0. The molecule has 0 saturated carbocycles. The lowest BCUT2D eigenvalue weighted by molar-refractivity contribution is -0.132. The first-order valence-electron chi connectivity index (χ1n) is 16.9. The van der Waals surface area contributed by atoms with Crippen LogP contribution in [0.1, 0.15) is 41.6 Å². The number of hydrogen-bond acceptors (Lipinski definition) is 9. The summed E-state index contributed by atoms with van der Waals surface area (Å²) < 4.78 is 16.7. The van der Waals surface area contributed by atoms with Crippen LogP contribution in [0.15, 0.2) is 48.5 Å². The Bertz CT molecular complexity index is 1900. The number of amides is 4. The molecule has 1 fully saturated rings. The summed E-state index contributed by atoms with van der Waals surface area (Å²) in [4.78, 5) is 63.5. The number of carbonyl (C=O) groups is 4. The number of aryl methyl sites for hydroxylation is 1. The molecule has 0 radical (unpaired) electrons. The highest BCUT2D eigenvalue weighted by Gasteiger charge is 2.26. The van der Waals surface area contributed by atoms with E-state index in [1.54, 1.807) is 25.2 Å². The maximum Gasteiger partial charge on any atom is 0.413 e. The van der Waals surface area contributed by atoms with Crippen LogP contribution in [0.3, 0.4) is 0 Å². The summed E-state index contributed by atoms with van der Waals surface area (Å²) in [5.74, 6) is 0.803. The van der Waals surface area contributed by atoms with Gasteiger partial charge in [-0.3, -0.25) is 19.7 Å². The van der Waals surface area contributed by atoms with Crippen molar-refractivity contribution in [1.82, 2.24) is 19.8 Å². The summed E-state index contributed by atoms with van der Waals surface area (Å²) >= 11 is 0. The van der Waals surface area contributed by atoms with Crippen molar-refractivity contribution < 1.29 is 33.4 Å². The zero-order valence-electron chi connectivity index (χ0n) is 30.5. The fourth-order valence-corrected chi connectivity index (χ4v) is 6.10. The van der Waals surface area contributed by atoms with Crippen molar-refractivity contribution in [2.24, 2.45) is 0 Å². The molecular weight excluding hydrogens is 725 g/mol. The van der Waals surface area contributed by atoms with Gasteiger partial charge < -0.3 is 39.2 Å². The first kappa shape index (κ1) is 42.4. The third-order valence-corrected chi connectivity index (χ3v) is 8.93. The number of H-pyrrole nitrogens is 1. The Labute approximate surface area is 321 Å². The zero-order chi connectivity index (χ0) is 36.5. The topological polar surface area (TPSA) is 158 Å². The van der Waals surface area contributed by atoms with E-state index in [4.69, 9.17) is 9.47 Å². The number of aromatic nitrogens is 2. The Morgan fingerprint density at radius 3 is 2.43 bits per heavy atom. The average Bonchev–Trinajstić information content (AvgIpc) is 3.55. The molecule has 1 aliphatic rings. The lowest BCUT2D eigenvalue weighted by Gasteiger charge is -2.32. The molecule has 2 heterocycles. The number of likely N-dealkylation sites (N-methyl/N-ethyl adjacent to an activating group) is 1. The number of benzene rings is 3. The quantitative estimate of drug-likeness (QED) is 0.101. The minimum atomic E-state index is -0.676. The summed E-state index contributed by atoms with van der Waals surface area (Å²) in [5, 5.41) is 5.20. The van der Waals surface area contributed by atoms with E-state index in [1.807, 2.05) is 42.2 Å². The number of imidazole rings is 1. The molecule has 1 aliphatic heterocycles. The summed E-state index contributed by atoms with van der Waals surface area (Å²) in [5.41, 5.74) is 4.27. The number of nitrogens with one attached hydrogen (secondary N) is 3. The first-order valence-corrected chi connectivity index (χ1v) is 16.9. The number of nitrogens with zero attached hydrogens (tertiary/aromatic N) is 4. The Kier molecular flexibility index (Phi) is 15.7. The monoisotopic (exact) mass is 771 g/mol. The number of para-hydroxylation sites is 1. The van der Waals surface area contributed by atoms with Crippen LogP contribution in [0.5, 0.6) is 11.5 Å². The van der Waals surface area contributed by atoms with Crippen molar-refractivity contribution in [3.8, 4) is 22.6 Å². The summed E-state index contributed by atoms with van der Waals surface area (Å²) in [7, 11) is 6.43. The van der Waals surface area contributed by atoms with Gasteiger partial charge in [-0.1, -0.05) is 18.2 Å². The van der Waals surface area contributed by atoms with E-state index in [0.717, 1.165) is 51.0 Å². The van der Waals surface area contributed by atoms with Gasteiger partial charge in [-0.05, 0) is 69.1 Å². The van der Waals surface area contributed by atoms with E-state index in [1.165, 1.54) is 19.1 Å². The largest absolute Gasteiger partial charge is 0.494 e. The van der Waals surface area contributed by atoms with Crippen LogP contribution in [0.2, 0.25) is 0 Å². The van der Waals surface area contributed by atoms with Gasteiger partial charge in [-0.25, -0.2) is 9.78 Å². The Hall–Kier alpha value is -5.05. The van der Waals surface area contributed by atoms with E-state index in [0.29, 0.717) is 53.0 Å². The second kappa shape index (κ2) is 19.7. The van der Waals surface area contributed by atoms with Crippen LogP contribution in [0.4, 0.5) is 22.1 Å². The molecule has 286 valence electrons. The Balaban J connectivity index is 0.00000378. The van der Waals surface area contributed by atoms with Gasteiger partial charge in [0.1, 0.15) is 5.75 Å². The molecule has 3 N–H and O–H groups in total. The van der Waals surface area contributed by atoms with Crippen molar-refractivity contribution in [3.05, 3.63) is 59.7 Å². The lowest BCUT2D eigenvalue weighted by atomic mass is 9.98. The number of fused-ring (bicyclic) bond motifs is 1. The maximum atomic E-state index is 14.1. The van der Waals surface area contributed by atoms with Crippen molar-refractivity contribution in [2.45, 2.75) is 32.6 Å². The summed E-state index contributed by atoms with van der Waals surface area (Å²) in [6, 6.07) is 14.4. The van der Waals surface area contributed by atoms with Gasteiger partial charge in [-0.2, -0.15) is 0 Å². The van der Waals surface area contributed by atoms with E-state index in [2.05, 4.69) is 37.3 Å². The third-order valence-electron chi connectivity index (χ3n) is 8.93. The molecule has 53 heavy (non-hydrogen) atoms. The number of carbonyl (C=O) groups excluding carboxylic acids is 4. The molecule has 1 saturated heterocycles. The van der Waals surface area contributed by atoms with Crippen LogP contribution in [-0.4, -0.2) is 105 Å². The van der Waals surface area contributed by atoms with Gasteiger partial charge in [-0.15, -0.1) is 24.8 Å². The number of unbranched alkanes of at least 4 members (excludes halogenated alkanes) is 2. The van der Waals surface area contributed by atoms with E-state index < -0.39 is 12.0 Å². The van der Waals surface area contributed by atoms with Crippen LogP contribution in [0, 0.1) is 6.92 Å². The number of hydrogen-bond donors (Lipinski definition) is 3. The zero-order valence-corrected chi connectivity index (χ0v) is 32.2. The molecule has 0 spiro atoms. The molecule has 16 heteroatoms. The van der Waals surface area contributed by atoms with Gasteiger partial charge in [0.15, 0.2) is 5.75 Å². The van der Waals surface area contributed by atoms with E-state index >= 15 is 0 Å². The molecule has 5 rings (SSSR count). The second-order valence-corrected chi connectivity index (χ2v) is 12.4. The number of methoxy groups -OCH3 is 2. The maximum absolute atomic E-state index is 14.1. The van der Waals surface area contributed by atoms with Crippen LogP contribution in [0.25, 0.3) is 22.2 Å². The Morgan fingerprint density at radius 1 is 0.981 bits per heavy atom. The van der Waals surface area contributed by atoms with E-state index in [9.17, 15) is 19.2 Å². The minimum Gasteiger partial charge on any atom is -0.494 e. The molecule has 4 amide bonds. The number of ether oxygens (including phenoxy) is 3. The molecule has 0 unspecified atom stereocenters. The van der Waals surface area contributed by atoms with Gasteiger partial charge in [0.05, 0.1) is 48.8 Å². The fourth-order valence-electron chi connectivity index (χ4n) is 6.10. The van der Waals surface area contributed by atoms with Gasteiger partial charge in [0, 0.05) is 50.8 Å². The molecule has 0 aliphatic carbocycles. The standard InChI is InChI=1S/C37H45N7O7.2ClH/c1-24-13-16-29(30(22-24)51-21-8-6-7-12-31(46)44-19-17-42(2)18-20-44)43(3)35(47)27-15-14-26(34(49-4)33(27)38-23-45)25-10-9-11-28-32(25)40-36(39-28)41-37(48)50-5;;/h9-11,13-16,22-23H,6-8,12,17-21H2,1-5H3,(H,38,45)(H2,39,40,41,48);2*1H. The number of halogens is 2. The molecule has 0 atom stereocenters. The van der Waals surface area contributed by atoms with Crippen LogP contribution in [-0.2, 0) is 14.3 Å². The highest BCUT2D eigenvalue weighted by Crippen LogP contribution is 2.42. The normalized spacial score (nSPS) is 12.6. The second-order valence-electron chi connectivity index (χ2n) is 12.4. The van der Waals surface area contributed by atoms with Crippen molar-refractivity contribution in [2.75, 3.05) is 76.6 Å². The predicted octanol–water partition coefficient (Wildman–Crippen LogP) is 6.13. The number of aromatic amines is 1. The lowest BCUT2D eigenvalue weighted by Crippen LogP contribution is -2.47. The van der Waals surface area contributed by atoms with Gasteiger partial charge >= 0.3 is 6.09 Å². The van der Waals surface area contributed by atoms with Crippen molar-refractivity contribution >= 4 is 77.5 Å². The molecule has 0 bridgehead atoms. The molecule has 14 nitrogen and oxygen atoms in total.